The van der Waals surface area contributed by atoms with Gasteiger partial charge in [0.15, 0.2) is 0 Å². The Morgan fingerprint density at radius 3 is 2.65 bits per heavy atom. The summed E-state index contributed by atoms with van der Waals surface area (Å²) < 4.78 is 18.4. The van der Waals surface area contributed by atoms with Crippen LogP contribution in [0.15, 0.2) is 36.4 Å². The van der Waals surface area contributed by atoms with Crippen LogP contribution in [0, 0.1) is 34.2 Å². The van der Waals surface area contributed by atoms with Crippen LogP contribution in [0.25, 0.3) is 0 Å². The monoisotopic (exact) mass is 272 g/mol. The Kier molecular flexibility index (Phi) is 3.62. The molecule has 2 aromatic carbocycles. The van der Waals surface area contributed by atoms with Crippen LogP contribution in [-0.2, 0) is 0 Å². The Labute approximate surface area is 114 Å². The molecule has 0 aliphatic heterocycles. The summed E-state index contributed by atoms with van der Waals surface area (Å²) in [5.41, 5.74) is 0.729. The van der Waals surface area contributed by atoms with Crippen molar-refractivity contribution in [1.82, 2.24) is 0 Å². The highest BCUT2D eigenvalue weighted by molar-refractivity contribution is 5.50. The minimum absolute atomic E-state index is 0.0551. The summed E-state index contributed by atoms with van der Waals surface area (Å²) in [7, 11) is 0. The average Bonchev–Trinajstić information content (AvgIpc) is 2.41. The lowest BCUT2D eigenvalue weighted by atomic mass is 10.1. The van der Waals surface area contributed by atoms with Gasteiger partial charge in [-0.05, 0) is 42.8 Å². The summed E-state index contributed by atoms with van der Waals surface area (Å²) in [6.45, 7) is 1.73. The Hall–Kier alpha value is -2.94. The second-order valence-electron chi connectivity index (χ2n) is 4.06. The molecule has 2 rings (SSSR count). The van der Waals surface area contributed by atoms with E-state index < -0.39 is 16.4 Å². The first kappa shape index (κ1) is 13.5. The molecule has 0 bridgehead atoms. The van der Waals surface area contributed by atoms with Gasteiger partial charge in [0, 0.05) is 0 Å². The maximum Gasteiger partial charge on any atom is 0.314 e. The summed E-state index contributed by atoms with van der Waals surface area (Å²) in [4.78, 5) is 10.1. The van der Waals surface area contributed by atoms with E-state index >= 15 is 0 Å². The lowest BCUT2D eigenvalue weighted by Gasteiger charge is -2.07. The SMILES string of the molecule is Cc1cc(Oc2ccc(F)cc2[N+](=O)[O-])ccc1C#N. The Bertz CT molecular complexity index is 723. The van der Waals surface area contributed by atoms with Crippen molar-refractivity contribution in [3.05, 3.63) is 63.5 Å². The summed E-state index contributed by atoms with van der Waals surface area (Å²) in [6.07, 6.45) is 0. The largest absolute Gasteiger partial charge is 0.450 e. The van der Waals surface area contributed by atoms with Crippen LogP contribution in [0.4, 0.5) is 10.1 Å². The topological polar surface area (TPSA) is 76.2 Å². The van der Waals surface area contributed by atoms with Crippen molar-refractivity contribution in [3.8, 4) is 17.6 Å². The number of nitriles is 1. The highest BCUT2D eigenvalue weighted by Crippen LogP contribution is 2.32. The Morgan fingerprint density at radius 1 is 1.30 bits per heavy atom. The zero-order valence-corrected chi connectivity index (χ0v) is 10.5. The molecule has 100 valence electrons. The molecule has 0 unspecified atom stereocenters. The van der Waals surface area contributed by atoms with Crippen LogP contribution >= 0.6 is 0 Å². The van der Waals surface area contributed by atoms with Gasteiger partial charge < -0.3 is 4.74 Å². The number of halogens is 1. The lowest BCUT2D eigenvalue weighted by molar-refractivity contribution is -0.385. The van der Waals surface area contributed by atoms with E-state index in [9.17, 15) is 14.5 Å². The number of nitrogens with zero attached hydrogens (tertiary/aromatic N) is 2. The van der Waals surface area contributed by atoms with Gasteiger partial charge in [-0.15, -0.1) is 0 Å². The third kappa shape index (κ3) is 2.72. The number of benzene rings is 2. The number of ether oxygens (including phenoxy) is 1. The fourth-order valence-corrected chi connectivity index (χ4v) is 1.67. The molecule has 0 saturated heterocycles. The highest BCUT2D eigenvalue weighted by Gasteiger charge is 2.17. The molecule has 0 spiro atoms. The predicted molar refractivity (Wildman–Crippen MR) is 69.0 cm³/mol. The molecule has 0 aromatic heterocycles. The first-order chi connectivity index (χ1) is 9.51. The molecule has 20 heavy (non-hydrogen) atoms. The molecule has 0 fully saturated rings. The maximum atomic E-state index is 13.0. The van der Waals surface area contributed by atoms with Crippen LogP contribution in [0.2, 0.25) is 0 Å². The lowest BCUT2D eigenvalue weighted by Crippen LogP contribution is -1.95. The van der Waals surface area contributed by atoms with E-state index in [1.807, 2.05) is 6.07 Å². The minimum Gasteiger partial charge on any atom is -0.450 e. The summed E-state index contributed by atoms with van der Waals surface area (Å²) >= 11 is 0. The number of nitro benzene ring substituents is 1. The van der Waals surface area contributed by atoms with Gasteiger partial charge in [0.05, 0.1) is 22.6 Å². The van der Waals surface area contributed by atoms with Gasteiger partial charge in [-0.1, -0.05) is 0 Å². The van der Waals surface area contributed by atoms with Crippen molar-refractivity contribution in [2.45, 2.75) is 6.92 Å². The first-order valence-electron chi connectivity index (χ1n) is 5.64. The van der Waals surface area contributed by atoms with Crippen LogP contribution in [0.1, 0.15) is 11.1 Å². The number of hydrogen-bond donors (Lipinski definition) is 0. The maximum absolute atomic E-state index is 13.0. The molecule has 0 saturated carbocycles. The number of nitro groups is 1. The molecule has 5 nitrogen and oxygen atoms in total. The summed E-state index contributed by atoms with van der Waals surface area (Å²) in [5, 5.41) is 19.7. The fraction of sp³-hybridized carbons (Fsp3) is 0.0714. The van der Waals surface area contributed by atoms with Gasteiger partial charge in [-0.25, -0.2) is 4.39 Å². The summed E-state index contributed by atoms with van der Waals surface area (Å²) in [5.74, 6) is -0.420. The molecule has 0 amide bonds. The average molecular weight is 272 g/mol. The highest BCUT2D eigenvalue weighted by atomic mass is 19.1. The quantitative estimate of drug-likeness (QED) is 0.630. The second-order valence-corrected chi connectivity index (χ2v) is 4.06. The van der Waals surface area contributed by atoms with Gasteiger partial charge in [-0.3, -0.25) is 10.1 Å². The molecule has 0 aliphatic rings. The van der Waals surface area contributed by atoms with Crippen molar-refractivity contribution < 1.29 is 14.1 Å². The van der Waals surface area contributed by atoms with Crippen molar-refractivity contribution >= 4 is 5.69 Å². The molecular formula is C14H9FN2O3. The van der Waals surface area contributed by atoms with Crippen LogP contribution in [-0.4, -0.2) is 4.92 Å². The normalized spacial score (nSPS) is 9.85. The standard InChI is InChI=1S/C14H9FN2O3/c1-9-6-12(4-2-10(9)8-16)20-14-5-3-11(15)7-13(14)17(18)19/h2-7H,1H3. The molecule has 0 N–H and O–H groups in total. The fourth-order valence-electron chi connectivity index (χ4n) is 1.67. The van der Waals surface area contributed by atoms with E-state index in [4.69, 9.17) is 10.00 Å². The molecule has 0 atom stereocenters. The van der Waals surface area contributed by atoms with Gasteiger partial charge in [0.25, 0.3) is 0 Å². The molecule has 6 heteroatoms. The molecule has 0 heterocycles. The number of hydrogen-bond acceptors (Lipinski definition) is 4. The van der Waals surface area contributed by atoms with E-state index in [1.165, 1.54) is 12.1 Å². The minimum atomic E-state index is -0.713. The zero-order chi connectivity index (χ0) is 14.7. The third-order valence-corrected chi connectivity index (χ3v) is 2.66. The van der Waals surface area contributed by atoms with E-state index in [0.29, 0.717) is 16.9 Å². The first-order valence-corrected chi connectivity index (χ1v) is 5.64. The van der Waals surface area contributed by atoms with E-state index in [2.05, 4.69) is 0 Å². The molecular weight excluding hydrogens is 263 g/mol. The smallest absolute Gasteiger partial charge is 0.314 e. The van der Waals surface area contributed by atoms with Crippen molar-refractivity contribution in [2.75, 3.05) is 0 Å². The van der Waals surface area contributed by atoms with Gasteiger partial charge in [0.1, 0.15) is 11.6 Å². The predicted octanol–water partition coefficient (Wildman–Crippen LogP) is 3.71. The van der Waals surface area contributed by atoms with Crippen molar-refractivity contribution in [3.63, 3.8) is 0 Å². The van der Waals surface area contributed by atoms with Crippen LogP contribution in [0.3, 0.4) is 0 Å². The van der Waals surface area contributed by atoms with E-state index in [-0.39, 0.29) is 5.75 Å². The van der Waals surface area contributed by atoms with Gasteiger partial charge in [0.2, 0.25) is 5.75 Å². The van der Waals surface area contributed by atoms with Crippen molar-refractivity contribution in [2.24, 2.45) is 0 Å². The van der Waals surface area contributed by atoms with E-state index in [1.54, 1.807) is 19.1 Å². The molecule has 0 radical (unpaired) electrons. The van der Waals surface area contributed by atoms with E-state index in [0.717, 1.165) is 12.1 Å². The second kappa shape index (κ2) is 5.36. The number of aryl methyl sites for hydroxylation is 1. The van der Waals surface area contributed by atoms with Crippen LogP contribution < -0.4 is 4.74 Å². The summed E-state index contributed by atoms with van der Waals surface area (Å²) in [6, 6.07) is 9.76. The van der Waals surface area contributed by atoms with Crippen molar-refractivity contribution in [1.29, 1.82) is 5.26 Å². The van der Waals surface area contributed by atoms with Gasteiger partial charge >= 0.3 is 5.69 Å². The van der Waals surface area contributed by atoms with Gasteiger partial charge in [-0.2, -0.15) is 5.26 Å². The zero-order valence-electron chi connectivity index (χ0n) is 10.5. The number of rotatable bonds is 3. The molecule has 0 aliphatic carbocycles. The molecule has 2 aromatic rings. The Balaban J connectivity index is 2.38. The Morgan fingerprint density at radius 2 is 2.05 bits per heavy atom. The third-order valence-electron chi connectivity index (χ3n) is 2.66. The van der Waals surface area contributed by atoms with Crippen LogP contribution in [0.5, 0.6) is 11.5 Å².